The standard InChI is InChI=1S/C23H17ClFN3O4S/c24-15-6-10-17(11-7-15)33-19-3-1-2-18(25)20(19)22(29)26-12-13-31-16-8-4-14(5-9-16)21-27-23(30)32-28-21/h1-11H,12-13H2,(H,26,29)(H,27,28,30). The fraction of sp³-hybridized carbons (Fsp3) is 0.0870. The van der Waals surface area contributed by atoms with Crippen molar-refractivity contribution in [2.45, 2.75) is 9.79 Å². The van der Waals surface area contributed by atoms with Crippen LogP contribution in [0.15, 0.2) is 85.8 Å². The SMILES string of the molecule is O=C(NCCOc1ccc(-c2noc(=O)[nH]2)cc1)c1c(F)cccc1Sc1ccc(Cl)cc1. The molecule has 7 nitrogen and oxygen atoms in total. The lowest BCUT2D eigenvalue weighted by Crippen LogP contribution is -2.29. The molecule has 1 amide bonds. The van der Waals surface area contributed by atoms with E-state index in [1.54, 1.807) is 60.7 Å². The van der Waals surface area contributed by atoms with Crippen LogP contribution in [0.5, 0.6) is 5.75 Å². The maximum Gasteiger partial charge on any atom is 0.439 e. The molecule has 0 atom stereocenters. The molecule has 0 saturated heterocycles. The van der Waals surface area contributed by atoms with E-state index >= 15 is 0 Å². The first-order valence-electron chi connectivity index (χ1n) is 9.79. The Morgan fingerprint density at radius 1 is 1.12 bits per heavy atom. The van der Waals surface area contributed by atoms with Crippen molar-refractivity contribution in [3.63, 3.8) is 0 Å². The normalized spacial score (nSPS) is 10.7. The number of aromatic nitrogens is 2. The van der Waals surface area contributed by atoms with E-state index in [-0.39, 0.29) is 18.7 Å². The van der Waals surface area contributed by atoms with Gasteiger partial charge in [-0.1, -0.05) is 34.6 Å². The van der Waals surface area contributed by atoms with Crippen molar-refractivity contribution in [2.24, 2.45) is 0 Å². The van der Waals surface area contributed by atoms with Gasteiger partial charge in [-0.2, -0.15) is 0 Å². The van der Waals surface area contributed by atoms with Crippen LogP contribution in [0, 0.1) is 5.82 Å². The number of nitrogens with one attached hydrogen (secondary N) is 2. The van der Waals surface area contributed by atoms with E-state index in [1.807, 2.05) is 0 Å². The zero-order chi connectivity index (χ0) is 23.2. The topological polar surface area (TPSA) is 97.2 Å². The maximum atomic E-state index is 14.5. The lowest BCUT2D eigenvalue weighted by molar-refractivity contribution is 0.0939. The van der Waals surface area contributed by atoms with Crippen molar-refractivity contribution in [3.8, 4) is 17.1 Å². The second kappa shape index (κ2) is 10.4. The van der Waals surface area contributed by atoms with Gasteiger partial charge in [0.25, 0.3) is 5.91 Å². The summed E-state index contributed by atoms with van der Waals surface area (Å²) in [6, 6.07) is 18.4. The smallest absolute Gasteiger partial charge is 0.439 e. The number of aromatic amines is 1. The van der Waals surface area contributed by atoms with E-state index in [0.29, 0.717) is 27.1 Å². The minimum Gasteiger partial charge on any atom is -0.492 e. The van der Waals surface area contributed by atoms with Crippen LogP contribution in [-0.4, -0.2) is 29.2 Å². The Hall–Kier alpha value is -3.56. The number of benzene rings is 3. The Morgan fingerprint density at radius 2 is 1.88 bits per heavy atom. The van der Waals surface area contributed by atoms with Crippen LogP contribution >= 0.6 is 23.4 Å². The van der Waals surface area contributed by atoms with Crippen LogP contribution in [-0.2, 0) is 0 Å². The van der Waals surface area contributed by atoms with Crippen molar-refractivity contribution in [3.05, 3.63) is 93.7 Å². The molecule has 1 aromatic heterocycles. The van der Waals surface area contributed by atoms with E-state index in [2.05, 4.69) is 20.0 Å². The quantitative estimate of drug-likeness (QED) is 0.348. The lowest BCUT2D eigenvalue weighted by Gasteiger charge is -2.12. The molecule has 0 saturated carbocycles. The summed E-state index contributed by atoms with van der Waals surface area (Å²) < 4.78 is 24.6. The van der Waals surface area contributed by atoms with Gasteiger partial charge in [-0.3, -0.25) is 14.3 Å². The number of ether oxygens (including phenoxy) is 1. The van der Waals surface area contributed by atoms with Crippen molar-refractivity contribution in [1.82, 2.24) is 15.5 Å². The molecule has 0 aliphatic heterocycles. The number of amides is 1. The third-order valence-corrected chi connectivity index (χ3v) is 5.79. The molecule has 0 spiro atoms. The van der Waals surface area contributed by atoms with Gasteiger partial charge in [0, 0.05) is 20.4 Å². The molecule has 0 aliphatic rings. The largest absolute Gasteiger partial charge is 0.492 e. The summed E-state index contributed by atoms with van der Waals surface area (Å²) in [5, 5.41) is 6.90. The van der Waals surface area contributed by atoms with Gasteiger partial charge in [-0.05, 0) is 60.7 Å². The molecule has 0 aliphatic carbocycles. The summed E-state index contributed by atoms with van der Waals surface area (Å²) in [7, 11) is 0. The minimum atomic E-state index is -0.634. The first-order valence-corrected chi connectivity index (χ1v) is 11.0. The zero-order valence-corrected chi connectivity index (χ0v) is 18.6. The fourth-order valence-electron chi connectivity index (χ4n) is 2.92. The number of carbonyl (C=O) groups is 1. The number of hydrogen-bond donors (Lipinski definition) is 2. The molecule has 0 unspecified atom stereocenters. The van der Waals surface area contributed by atoms with E-state index in [0.717, 1.165) is 4.90 Å². The van der Waals surface area contributed by atoms with Crippen LogP contribution < -0.4 is 15.8 Å². The summed E-state index contributed by atoms with van der Waals surface area (Å²) >= 11 is 7.19. The Labute approximate surface area is 196 Å². The molecule has 1 heterocycles. The Morgan fingerprint density at radius 3 is 2.58 bits per heavy atom. The van der Waals surface area contributed by atoms with Crippen LogP contribution in [0.1, 0.15) is 10.4 Å². The van der Waals surface area contributed by atoms with E-state index in [4.69, 9.17) is 16.3 Å². The summed E-state index contributed by atoms with van der Waals surface area (Å²) in [6.07, 6.45) is 0. The fourth-order valence-corrected chi connectivity index (χ4v) is 4.02. The van der Waals surface area contributed by atoms with Crippen molar-refractivity contribution < 1.29 is 18.4 Å². The third-order valence-electron chi connectivity index (χ3n) is 4.47. The summed E-state index contributed by atoms with van der Waals surface area (Å²) in [5.41, 5.74) is 0.634. The van der Waals surface area contributed by atoms with Gasteiger partial charge in [0.1, 0.15) is 18.2 Å². The Balaban J connectivity index is 1.33. The van der Waals surface area contributed by atoms with Crippen molar-refractivity contribution in [1.29, 1.82) is 0 Å². The van der Waals surface area contributed by atoms with Crippen molar-refractivity contribution in [2.75, 3.05) is 13.2 Å². The summed E-state index contributed by atoms with van der Waals surface area (Å²) in [5.74, 6) is -0.891. The molecule has 33 heavy (non-hydrogen) atoms. The van der Waals surface area contributed by atoms with Gasteiger partial charge in [-0.25, -0.2) is 9.18 Å². The molecule has 0 fully saturated rings. The highest BCUT2D eigenvalue weighted by Gasteiger charge is 2.17. The highest BCUT2D eigenvalue weighted by molar-refractivity contribution is 7.99. The molecule has 2 N–H and O–H groups in total. The lowest BCUT2D eigenvalue weighted by atomic mass is 10.2. The number of rotatable bonds is 8. The van der Waals surface area contributed by atoms with Crippen LogP contribution in [0.2, 0.25) is 5.02 Å². The van der Waals surface area contributed by atoms with Gasteiger partial charge in [-0.15, -0.1) is 0 Å². The molecular formula is C23H17ClFN3O4S. The molecule has 4 aromatic rings. The number of nitrogens with zero attached hydrogens (tertiary/aromatic N) is 1. The molecule has 0 radical (unpaired) electrons. The molecule has 3 aromatic carbocycles. The van der Waals surface area contributed by atoms with Gasteiger partial charge in [0.15, 0.2) is 5.82 Å². The van der Waals surface area contributed by atoms with Gasteiger partial charge in [0.05, 0.1) is 12.1 Å². The number of H-pyrrole nitrogens is 1. The Kier molecular flexibility index (Phi) is 7.11. The highest BCUT2D eigenvalue weighted by Crippen LogP contribution is 2.32. The monoisotopic (exact) mass is 485 g/mol. The van der Waals surface area contributed by atoms with Gasteiger partial charge in [0.2, 0.25) is 0 Å². The average molecular weight is 486 g/mol. The number of hydrogen-bond acceptors (Lipinski definition) is 6. The van der Waals surface area contributed by atoms with E-state index in [9.17, 15) is 14.0 Å². The second-order valence-corrected chi connectivity index (χ2v) is 8.29. The third kappa shape index (κ3) is 5.82. The predicted octanol–water partition coefficient (Wildman–Crippen LogP) is 4.78. The summed E-state index contributed by atoms with van der Waals surface area (Å²) in [4.78, 5) is 27.5. The van der Waals surface area contributed by atoms with Crippen molar-refractivity contribution >= 4 is 29.3 Å². The zero-order valence-electron chi connectivity index (χ0n) is 17.0. The van der Waals surface area contributed by atoms with Crippen LogP contribution in [0.4, 0.5) is 4.39 Å². The van der Waals surface area contributed by atoms with Gasteiger partial charge >= 0.3 is 5.76 Å². The number of carbonyl (C=O) groups excluding carboxylic acids is 1. The first-order chi connectivity index (χ1) is 16.0. The van der Waals surface area contributed by atoms with Crippen LogP contribution in [0.3, 0.4) is 0 Å². The van der Waals surface area contributed by atoms with E-state index in [1.165, 1.54) is 17.8 Å². The highest BCUT2D eigenvalue weighted by atomic mass is 35.5. The maximum absolute atomic E-state index is 14.5. The molecule has 0 bridgehead atoms. The second-order valence-electron chi connectivity index (χ2n) is 6.74. The molecule has 10 heteroatoms. The Bertz CT molecular complexity index is 1310. The minimum absolute atomic E-state index is 0.0246. The molecule has 4 rings (SSSR count). The van der Waals surface area contributed by atoms with Gasteiger partial charge < -0.3 is 10.1 Å². The first kappa shape index (κ1) is 22.6. The molecular weight excluding hydrogens is 469 g/mol. The molecule has 168 valence electrons. The van der Waals surface area contributed by atoms with E-state index < -0.39 is 17.5 Å². The van der Waals surface area contributed by atoms with Crippen LogP contribution in [0.25, 0.3) is 11.4 Å². The number of halogens is 2. The predicted molar refractivity (Wildman–Crippen MR) is 122 cm³/mol. The summed E-state index contributed by atoms with van der Waals surface area (Å²) in [6.45, 7) is 0.358. The average Bonchev–Trinajstić information content (AvgIpc) is 3.25.